The number of ether oxygens (including phenoxy) is 2. The largest absolute Gasteiger partial charge is 0.497 e. The van der Waals surface area contributed by atoms with Gasteiger partial charge in [-0.25, -0.2) is 10.1 Å². The summed E-state index contributed by atoms with van der Waals surface area (Å²) >= 11 is 0. The molecular formula is C10H14N2O4. The lowest BCUT2D eigenvalue weighted by Gasteiger charge is -2.14. The molecule has 0 heterocycles. The molecule has 6 heteroatoms. The van der Waals surface area contributed by atoms with E-state index in [9.17, 15) is 10.1 Å². The second-order valence-corrected chi connectivity index (χ2v) is 3.12. The van der Waals surface area contributed by atoms with Gasteiger partial charge in [0.2, 0.25) is 0 Å². The molecule has 6 nitrogen and oxygen atoms in total. The van der Waals surface area contributed by atoms with Crippen LogP contribution in [0.4, 0.5) is 0 Å². The topological polar surface area (TPSA) is 73.6 Å². The van der Waals surface area contributed by atoms with Crippen LogP contribution in [0.25, 0.3) is 0 Å². The Morgan fingerprint density at radius 3 is 2.81 bits per heavy atom. The molecule has 0 saturated heterocycles. The van der Waals surface area contributed by atoms with E-state index >= 15 is 0 Å². The molecule has 1 N–H and O–H groups in total. The Labute approximate surface area is 93.3 Å². The molecule has 1 rings (SSSR count). The van der Waals surface area contributed by atoms with E-state index in [1.54, 1.807) is 19.2 Å². The number of hydrogen-bond donors (Lipinski definition) is 1. The van der Waals surface area contributed by atoms with Gasteiger partial charge in [0, 0.05) is 7.11 Å². The maximum atomic E-state index is 10.2. The minimum Gasteiger partial charge on any atom is -0.497 e. The molecule has 0 radical (unpaired) electrons. The Kier molecular flexibility index (Phi) is 4.53. The van der Waals surface area contributed by atoms with Crippen LogP contribution in [0.1, 0.15) is 11.7 Å². The highest BCUT2D eigenvalue weighted by Gasteiger charge is 2.13. The number of nitrogens with one attached hydrogen (secondary N) is 1. The summed E-state index contributed by atoms with van der Waals surface area (Å²) in [6.07, 6.45) is -0.375. The lowest BCUT2D eigenvalue weighted by Crippen LogP contribution is -2.27. The first kappa shape index (κ1) is 12.3. The predicted octanol–water partition coefficient (Wildman–Crippen LogP) is 1.16. The van der Waals surface area contributed by atoms with E-state index < -0.39 is 5.03 Å². The van der Waals surface area contributed by atoms with Crippen LogP contribution in [0.3, 0.4) is 0 Å². The van der Waals surface area contributed by atoms with Crippen molar-refractivity contribution >= 4 is 0 Å². The molecule has 0 aliphatic rings. The van der Waals surface area contributed by atoms with Crippen molar-refractivity contribution < 1.29 is 14.5 Å². The fourth-order valence-electron chi connectivity index (χ4n) is 1.34. The van der Waals surface area contributed by atoms with Crippen molar-refractivity contribution in [2.24, 2.45) is 0 Å². The van der Waals surface area contributed by atoms with E-state index in [1.165, 1.54) is 7.11 Å². The summed E-state index contributed by atoms with van der Waals surface area (Å²) in [5.41, 5.74) is 2.92. The Bertz CT molecular complexity index is 356. The Morgan fingerprint density at radius 2 is 2.25 bits per heavy atom. The van der Waals surface area contributed by atoms with Gasteiger partial charge in [0.1, 0.15) is 18.4 Å². The third kappa shape index (κ3) is 3.39. The maximum absolute atomic E-state index is 10.2. The van der Waals surface area contributed by atoms with Gasteiger partial charge in [-0.1, -0.05) is 12.1 Å². The number of rotatable bonds is 6. The molecule has 1 aromatic carbocycles. The van der Waals surface area contributed by atoms with Crippen molar-refractivity contribution in [3.8, 4) is 5.75 Å². The first-order valence-corrected chi connectivity index (χ1v) is 4.72. The zero-order valence-corrected chi connectivity index (χ0v) is 9.17. The first-order valence-electron chi connectivity index (χ1n) is 4.72. The average molecular weight is 226 g/mol. The molecule has 0 bridgehead atoms. The Hall–Kier alpha value is -1.82. The summed E-state index contributed by atoms with van der Waals surface area (Å²) in [6.45, 7) is 0.108. The van der Waals surface area contributed by atoms with Gasteiger partial charge in [-0.05, 0) is 17.7 Å². The van der Waals surface area contributed by atoms with Crippen LogP contribution in [0.2, 0.25) is 0 Å². The van der Waals surface area contributed by atoms with Crippen LogP contribution in [0.15, 0.2) is 24.3 Å². The molecule has 0 aromatic heterocycles. The standard InChI is InChI=1S/C10H14N2O4/c1-15-9-5-3-4-8(6-9)10(16-2)7-11-12(13)14/h3-6,10-11H,7H2,1-2H3. The molecule has 0 amide bonds. The average Bonchev–Trinajstić information content (AvgIpc) is 2.30. The minimum absolute atomic E-state index is 0.108. The molecule has 1 aromatic rings. The maximum Gasteiger partial charge on any atom is 0.157 e. The quantitative estimate of drug-likeness (QED) is 0.582. The van der Waals surface area contributed by atoms with E-state index in [4.69, 9.17) is 9.47 Å². The number of nitrogens with zero attached hydrogens (tertiary/aromatic N) is 1. The van der Waals surface area contributed by atoms with E-state index in [2.05, 4.69) is 5.43 Å². The fraction of sp³-hybridized carbons (Fsp3) is 0.400. The van der Waals surface area contributed by atoms with Gasteiger partial charge in [0.05, 0.1) is 7.11 Å². The van der Waals surface area contributed by atoms with Gasteiger partial charge in [-0.15, -0.1) is 5.43 Å². The van der Waals surface area contributed by atoms with Crippen LogP contribution >= 0.6 is 0 Å². The van der Waals surface area contributed by atoms with Gasteiger partial charge >= 0.3 is 0 Å². The van der Waals surface area contributed by atoms with Crippen molar-refractivity contribution in [3.63, 3.8) is 0 Å². The van der Waals surface area contributed by atoms with Crippen molar-refractivity contribution in [2.45, 2.75) is 6.10 Å². The monoisotopic (exact) mass is 226 g/mol. The van der Waals surface area contributed by atoms with Crippen LogP contribution in [0.5, 0.6) is 5.75 Å². The Morgan fingerprint density at radius 1 is 1.50 bits per heavy atom. The molecule has 88 valence electrons. The molecule has 1 unspecified atom stereocenters. The SMILES string of the molecule is COc1cccc(C(CN[N+](=O)[O-])OC)c1. The van der Waals surface area contributed by atoms with Crippen LogP contribution < -0.4 is 10.2 Å². The van der Waals surface area contributed by atoms with Gasteiger partial charge < -0.3 is 9.47 Å². The molecule has 0 spiro atoms. The van der Waals surface area contributed by atoms with Gasteiger partial charge in [0.25, 0.3) is 0 Å². The fourth-order valence-corrected chi connectivity index (χ4v) is 1.34. The van der Waals surface area contributed by atoms with Crippen molar-refractivity contribution in [2.75, 3.05) is 20.8 Å². The highest BCUT2D eigenvalue weighted by Crippen LogP contribution is 2.20. The summed E-state index contributed by atoms with van der Waals surface area (Å²) in [5, 5.41) is 9.60. The van der Waals surface area contributed by atoms with E-state index in [0.717, 1.165) is 5.56 Å². The summed E-state index contributed by atoms with van der Waals surface area (Å²) in [5.74, 6) is 0.695. The van der Waals surface area contributed by atoms with E-state index in [0.29, 0.717) is 5.75 Å². The number of hydrazine groups is 1. The molecule has 16 heavy (non-hydrogen) atoms. The van der Waals surface area contributed by atoms with Crippen LogP contribution in [-0.2, 0) is 4.74 Å². The predicted molar refractivity (Wildman–Crippen MR) is 57.7 cm³/mol. The van der Waals surface area contributed by atoms with Gasteiger partial charge in [-0.3, -0.25) is 0 Å². The number of hydrogen-bond acceptors (Lipinski definition) is 4. The second kappa shape index (κ2) is 5.92. The van der Waals surface area contributed by atoms with E-state index in [1.807, 2.05) is 12.1 Å². The highest BCUT2D eigenvalue weighted by molar-refractivity contribution is 5.30. The highest BCUT2D eigenvalue weighted by atomic mass is 16.7. The third-order valence-electron chi connectivity index (χ3n) is 2.16. The summed E-state index contributed by atoms with van der Waals surface area (Å²) in [6, 6.07) is 7.23. The summed E-state index contributed by atoms with van der Waals surface area (Å²) in [7, 11) is 3.07. The number of benzene rings is 1. The number of nitro groups is 1. The number of methoxy groups -OCH3 is 2. The zero-order valence-electron chi connectivity index (χ0n) is 9.17. The lowest BCUT2D eigenvalue weighted by molar-refractivity contribution is -0.545. The minimum atomic E-state index is -0.591. The molecule has 0 aliphatic carbocycles. The lowest BCUT2D eigenvalue weighted by atomic mass is 10.1. The second-order valence-electron chi connectivity index (χ2n) is 3.12. The van der Waals surface area contributed by atoms with Gasteiger partial charge in [-0.2, -0.15) is 0 Å². The summed E-state index contributed by atoms with van der Waals surface area (Å²) in [4.78, 5) is 10.2. The van der Waals surface area contributed by atoms with Crippen LogP contribution in [0, 0.1) is 10.1 Å². The van der Waals surface area contributed by atoms with Gasteiger partial charge in [0.15, 0.2) is 5.03 Å². The molecule has 0 fully saturated rings. The normalized spacial score (nSPS) is 11.9. The smallest absolute Gasteiger partial charge is 0.157 e. The van der Waals surface area contributed by atoms with Crippen molar-refractivity contribution in [3.05, 3.63) is 39.9 Å². The molecule has 1 atom stereocenters. The first-order chi connectivity index (χ1) is 7.67. The Balaban J connectivity index is 2.73. The zero-order chi connectivity index (χ0) is 12.0. The summed E-state index contributed by atoms with van der Waals surface area (Å²) < 4.78 is 10.2. The third-order valence-corrected chi connectivity index (χ3v) is 2.16. The van der Waals surface area contributed by atoms with Crippen molar-refractivity contribution in [1.82, 2.24) is 5.43 Å². The molecular weight excluding hydrogens is 212 g/mol. The van der Waals surface area contributed by atoms with Crippen molar-refractivity contribution in [1.29, 1.82) is 0 Å². The van der Waals surface area contributed by atoms with Crippen LogP contribution in [-0.4, -0.2) is 25.8 Å². The molecule has 0 saturated carbocycles. The van der Waals surface area contributed by atoms with E-state index in [-0.39, 0.29) is 12.6 Å². The molecule has 0 aliphatic heterocycles.